The van der Waals surface area contributed by atoms with E-state index in [1.165, 1.54) is 23.0 Å². The van der Waals surface area contributed by atoms with Crippen LogP contribution in [0.3, 0.4) is 0 Å². The molecule has 11 heteroatoms. The lowest BCUT2D eigenvalue weighted by Gasteiger charge is -2.39. The van der Waals surface area contributed by atoms with Gasteiger partial charge in [-0.3, -0.25) is 13.8 Å². The van der Waals surface area contributed by atoms with E-state index in [1.54, 1.807) is 22.0 Å². The number of hydrogen-bond donors (Lipinski definition) is 0. The summed E-state index contributed by atoms with van der Waals surface area (Å²) >= 11 is 0. The van der Waals surface area contributed by atoms with Gasteiger partial charge < -0.3 is 9.64 Å². The van der Waals surface area contributed by atoms with Crippen LogP contribution in [0.2, 0.25) is 0 Å². The molecule has 33 heavy (non-hydrogen) atoms. The van der Waals surface area contributed by atoms with Crippen molar-refractivity contribution in [3.63, 3.8) is 0 Å². The van der Waals surface area contributed by atoms with Crippen LogP contribution < -0.4 is 10.6 Å². The number of hydrogen-bond acceptors (Lipinski definition) is 4. The minimum Gasteiger partial charge on any atom is -0.372 e. The Morgan fingerprint density at radius 3 is 2.61 bits per heavy atom. The second-order valence-corrected chi connectivity index (χ2v) is 8.64. The smallest absolute Gasteiger partial charge is 0.372 e. The zero-order chi connectivity index (χ0) is 24.0. The molecule has 0 saturated carbocycles. The van der Waals surface area contributed by atoms with E-state index in [0.29, 0.717) is 26.2 Å². The quantitative estimate of drug-likeness (QED) is 0.538. The second kappa shape index (κ2) is 8.36. The molecular formula is C22H25F4N5O2. The van der Waals surface area contributed by atoms with Gasteiger partial charge in [0.15, 0.2) is 5.82 Å². The van der Waals surface area contributed by atoms with E-state index in [-0.39, 0.29) is 12.2 Å². The first-order valence-electron chi connectivity index (χ1n) is 10.6. The van der Waals surface area contributed by atoms with Gasteiger partial charge in [0.05, 0.1) is 36.2 Å². The highest BCUT2D eigenvalue weighted by Crippen LogP contribution is 2.37. The SMILES string of the molecule is CCn1cc(Cn2ccn(-c3cc(N4CCOC(C)(C)C4)cc(C(F)(F)F)c3F)c2=O)cn1. The zero-order valence-corrected chi connectivity index (χ0v) is 18.6. The Hall–Kier alpha value is -3.08. The molecule has 1 fully saturated rings. The van der Waals surface area contributed by atoms with E-state index in [2.05, 4.69) is 5.10 Å². The largest absolute Gasteiger partial charge is 0.419 e. The van der Waals surface area contributed by atoms with Crippen molar-refractivity contribution in [3.8, 4) is 5.69 Å². The lowest BCUT2D eigenvalue weighted by atomic mass is 10.1. The molecule has 1 aliphatic heterocycles. The maximum Gasteiger partial charge on any atom is 0.419 e. The van der Waals surface area contributed by atoms with Gasteiger partial charge in [-0.25, -0.2) is 9.18 Å². The summed E-state index contributed by atoms with van der Waals surface area (Å²) in [5, 5.41) is 4.15. The van der Waals surface area contributed by atoms with Crippen molar-refractivity contribution in [1.82, 2.24) is 18.9 Å². The Labute approximate surface area is 187 Å². The standard InChI is InChI=1S/C22H25F4N5O2/c1-4-30-13-15(11-27-30)12-28-5-6-31(20(28)32)18-10-16(9-17(19(18)23)22(24,25)26)29-7-8-33-21(2,3)14-29/h5-6,9-11,13H,4,7-8,12,14H2,1-3H3. The van der Waals surface area contributed by atoms with E-state index in [4.69, 9.17) is 4.74 Å². The normalized spacial score (nSPS) is 16.4. The maximum absolute atomic E-state index is 15.1. The molecule has 0 N–H and O–H groups in total. The summed E-state index contributed by atoms with van der Waals surface area (Å²) in [6, 6.07) is 2.08. The van der Waals surface area contributed by atoms with Crippen LogP contribution in [0.25, 0.3) is 5.69 Å². The first kappa shape index (κ1) is 23.1. The van der Waals surface area contributed by atoms with Gasteiger partial charge in [-0.15, -0.1) is 0 Å². The molecule has 0 radical (unpaired) electrons. The first-order chi connectivity index (χ1) is 15.5. The van der Waals surface area contributed by atoms with Crippen LogP contribution in [0.4, 0.5) is 23.2 Å². The molecule has 0 spiro atoms. The molecule has 2 aromatic heterocycles. The van der Waals surface area contributed by atoms with Crippen molar-refractivity contribution in [2.75, 3.05) is 24.6 Å². The topological polar surface area (TPSA) is 57.2 Å². The van der Waals surface area contributed by atoms with Crippen LogP contribution in [-0.4, -0.2) is 44.2 Å². The molecule has 0 atom stereocenters. The number of aryl methyl sites for hydroxylation is 1. The summed E-state index contributed by atoms with van der Waals surface area (Å²) in [6.45, 7) is 7.41. The summed E-state index contributed by atoms with van der Waals surface area (Å²) in [7, 11) is 0. The van der Waals surface area contributed by atoms with E-state index in [0.717, 1.165) is 16.2 Å². The lowest BCUT2D eigenvalue weighted by molar-refractivity contribution is -0.139. The highest BCUT2D eigenvalue weighted by Gasteiger charge is 2.37. The Balaban J connectivity index is 1.77. The molecule has 0 aliphatic carbocycles. The Kier molecular flexibility index (Phi) is 5.85. The summed E-state index contributed by atoms with van der Waals surface area (Å²) < 4.78 is 65.7. The predicted molar refractivity (Wildman–Crippen MR) is 114 cm³/mol. The van der Waals surface area contributed by atoms with Gasteiger partial charge >= 0.3 is 11.9 Å². The average Bonchev–Trinajstić information content (AvgIpc) is 3.34. The number of halogens is 4. The van der Waals surface area contributed by atoms with Crippen molar-refractivity contribution >= 4 is 5.69 Å². The van der Waals surface area contributed by atoms with Gasteiger partial charge in [0, 0.05) is 49.5 Å². The van der Waals surface area contributed by atoms with Crippen LogP contribution in [0.15, 0.2) is 41.7 Å². The molecule has 178 valence electrons. The zero-order valence-electron chi connectivity index (χ0n) is 18.6. The highest BCUT2D eigenvalue weighted by molar-refractivity contribution is 5.58. The lowest BCUT2D eigenvalue weighted by Crippen LogP contribution is -2.48. The van der Waals surface area contributed by atoms with Gasteiger partial charge in [-0.05, 0) is 32.9 Å². The summed E-state index contributed by atoms with van der Waals surface area (Å²) in [4.78, 5) is 14.7. The number of alkyl halides is 3. The van der Waals surface area contributed by atoms with E-state index in [9.17, 15) is 18.0 Å². The number of aromatic nitrogens is 4. The monoisotopic (exact) mass is 467 g/mol. The van der Waals surface area contributed by atoms with Crippen LogP contribution in [-0.2, 0) is 24.0 Å². The molecule has 0 bridgehead atoms. The first-order valence-corrected chi connectivity index (χ1v) is 10.6. The molecule has 4 rings (SSSR count). The molecule has 0 amide bonds. The summed E-state index contributed by atoms with van der Waals surface area (Å²) in [5.74, 6) is -1.49. The van der Waals surface area contributed by atoms with Crippen molar-refractivity contribution in [2.45, 2.75) is 45.6 Å². The predicted octanol–water partition coefficient (Wildman–Crippen LogP) is 3.68. The minimum atomic E-state index is -4.92. The molecular weight excluding hydrogens is 442 g/mol. The third-order valence-corrected chi connectivity index (χ3v) is 5.60. The molecule has 1 aliphatic rings. The van der Waals surface area contributed by atoms with Gasteiger partial charge in [-0.2, -0.15) is 18.3 Å². The number of morpholine rings is 1. The van der Waals surface area contributed by atoms with Gasteiger partial charge in [-0.1, -0.05) is 0 Å². The van der Waals surface area contributed by atoms with Crippen molar-refractivity contribution in [1.29, 1.82) is 0 Å². The Morgan fingerprint density at radius 2 is 1.97 bits per heavy atom. The maximum atomic E-state index is 15.1. The molecule has 1 aromatic carbocycles. The average molecular weight is 467 g/mol. The number of imidazole rings is 1. The Morgan fingerprint density at radius 1 is 1.21 bits per heavy atom. The fourth-order valence-electron chi connectivity index (χ4n) is 3.97. The molecule has 3 heterocycles. The van der Waals surface area contributed by atoms with Crippen LogP contribution in [0.1, 0.15) is 31.9 Å². The molecule has 7 nitrogen and oxygen atoms in total. The number of rotatable bonds is 5. The minimum absolute atomic E-state index is 0.164. The molecule has 3 aromatic rings. The van der Waals surface area contributed by atoms with E-state index in [1.807, 2.05) is 20.8 Å². The fraction of sp³-hybridized carbons (Fsp3) is 0.455. The third-order valence-electron chi connectivity index (χ3n) is 5.60. The molecule has 1 saturated heterocycles. The summed E-state index contributed by atoms with van der Waals surface area (Å²) in [5.41, 5.74) is -2.16. The van der Waals surface area contributed by atoms with Crippen molar-refractivity contribution < 1.29 is 22.3 Å². The highest BCUT2D eigenvalue weighted by atomic mass is 19.4. The van der Waals surface area contributed by atoms with E-state index < -0.39 is 34.5 Å². The van der Waals surface area contributed by atoms with Crippen LogP contribution in [0, 0.1) is 5.82 Å². The molecule has 0 unspecified atom stereocenters. The number of ether oxygens (including phenoxy) is 1. The van der Waals surface area contributed by atoms with Crippen LogP contribution in [0.5, 0.6) is 0 Å². The van der Waals surface area contributed by atoms with Crippen molar-refractivity contribution in [2.24, 2.45) is 0 Å². The fourth-order valence-corrected chi connectivity index (χ4v) is 3.97. The number of anilines is 1. The second-order valence-electron chi connectivity index (χ2n) is 8.64. The van der Waals surface area contributed by atoms with Crippen LogP contribution >= 0.6 is 0 Å². The van der Waals surface area contributed by atoms with E-state index >= 15 is 4.39 Å². The van der Waals surface area contributed by atoms with Crippen molar-refractivity contribution in [3.05, 3.63) is 64.3 Å². The summed E-state index contributed by atoms with van der Waals surface area (Å²) in [6.07, 6.45) is 1.15. The third kappa shape index (κ3) is 4.68. The van der Waals surface area contributed by atoms with Gasteiger partial charge in [0.25, 0.3) is 0 Å². The number of nitrogens with zero attached hydrogens (tertiary/aromatic N) is 5. The van der Waals surface area contributed by atoms with Gasteiger partial charge in [0.1, 0.15) is 0 Å². The number of benzene rings is 1. The van der Waals surface area contributed by atoms with Gasteiger partial charge in [0.2, 0.25) is 0 Å². The Bertz CT molecular complexity index is 1210.